The third-order valence-corrected chi connectivity index (χ3v) is 1.76. The van der Waals surface area contributed by atoms with Crippen LogP contribution in [0.5, 0.6) is 0 Å². The van der Waals surface area contributed by atoms with Gasteiger partial charge in [-0.05, 0) is 12.1 Å². The van der Waals surface area contributed by atoms with E-state index in [-0.39, 0.29) is 5.82 Å². The number of aromatic nitrogens is 3. The molecule has 0 radical (unpaired) electrons. The average molecular weight is 195 g/mol. The Balaban J connectivity index is 2.82. The third-order valence-electron chi connectivity index (χ3n) is 1.76. The first kappa shape index (κ1) is 8.49. The monoisotopic (exact) mass is 195 g/mol. The van der Waals surface area contributed by atoms with Crippen molar-refractivity contribution in [3.8, 4) is 5.82 Å². The molecule has 2 aromatic rings. The number of halogens is 1. The number of H-pyrrole nitrogens is 2. The van der Waals surface area contributed by atoms with E-state index in [9.17, 15) is 14.0 Å². The maximum Gasteiger partial charge on any atom is 0.334 e. The van der Waals surface area contributed by atoms with Crippen molar-refractivity contribution in [3.63, 3.8) is 0 Å². The van der Waals surface area contributed by atoms with E-state index in [2.05, 4.69) is 9.97 Å². The van der Waals surface area contributed by atoms with E-state index in [1.807, 2.05) is 0 Å². The highest BCUT2D eigenvalue weighted by molar-refractivity contribution is 5.21. The second-order valence-corrected chi connectivity index (χ2v) is 2.64. The Hall–Kier alpha value is -2.11. The molecule has 0 spiro atoms. The van der Waals surface area contributed by atoms with E-state index >= 15 is 0 Å². The van der Waals surface area contributed by atoms with Crippen molar-refractivity contribution in [3.05, 3.63) is 51.2 Å². The summed E-state index contributed by atoms with van der Waals surface area (Å²) in [5.74, 6) is -0.769. The lowest BCUT2D eigenvalue weighted by Crippen LogP contribution is -2.35. The molecular formula is C8H6FN3O2. The fraction of sp³-hybridized carbons (Fsp3) is 0. The summed E-state index contributed by atoms with van der Waals surface area (Å²) in [6, 6.07) is 3.10. The minimum absolute atomic E-state index is 0.232. The molecular weight excluding hydrogens is 189 g/mol. The van der Waals surface area contributed by atoms with Gasteiger partial charge in [-0.1, -0.05) is 0 Å². The van der Waals surface area contributed by atoms with Crippen LogP contribution in [0, 0.1) is 5.82 Å². The highest BCUT2D eigenvalue weighted by Crippen LogP contribution is 1.96. The van der Waals surface area contributed by atoms with Crippen LogP contribution in [0.1, 0.15) is 0 Å². The largest absolute Gasteiger partial charge is 0.348 e. The Kier molecular flexibility index (Phi) is 1.81. The van der Waals surface area contributed by atoms with Crippen molar-refractivity contribution in [1.29, 1.82) is 0 Å². The number of aromatic amines is 2. The highest BCUT2D eigenvalue weighted by atomic mass is 19.1. The van der Waals surface area contributed by atoms with E-state index < -0.39 is 17.1 Å². The van der Waals surface area contributed by atoms with Crippen LogP contribution < -0.4 is 11.2 Å². The summed E-state index contributed by atoms with van der Waals surface area (Å²) >= 11 is 0. The van der Waals surface area contributed by atoms with Gasteiger partial charge in [0.2, 0.25) is 5.82 Å². The average Bonchev–Trinajstić information content (AvgIpc) is 2.65. The van der Waals surface area contributed by atoms with Gasteiger partial charge in [-0.15, -0.1) is 0 Å². The van der Waals surface area contributed by atoms with Crippen molar-refractivity contribution >= 4 is 0 Å². The topological polar surface area (TPSA) is 70.7 Å². The van der Waals surface area contributed by atoms with Crippen LogP contribution in [0.25, 0.3) is 5.82 Å². The summed E-state index contributed by atoms with van der Waals surface area (Å²) in [4.78, 5) is 27.2. The second kappa shape index (κ2) is 2.99. The van der Waals surface area contributed by atoms with Crippen molar-refractivity contribution < 1.29 is 4.39 Å². The van der Waals surface area contributed by atoms with Crippen LogP contribution >= 0.6 is 0 Å². The molecule has 0 aliphatic heterocycles. The Bertz CT molecular complexity index is 553. The molecule has 0 atom stereocenters. The van der Waals surface area contributed by atoms with Gasteiger partial charge in [-0.25, -0.2) is 9.36 Å². The predicted octanol–water partition coefficient (Wildman–Crippen LogP) is -0.00700. The summed E-state index contributed by atoms with van der Waals surface area (Å²) in [7, 11) is 0. The molecule has 0 saturated carbocycles. The molecule has 0 saturated heterocycles. The number of nitrogens with one attached hydrogen (secondary N) is 2. The lowest BCUT2D eigenvalue weighted by molar-refractivity contribution is 0.582. The van der Waals surface area contributed by atoms with Gasteiger partial charge >= 0.3 is 5.69 Å². The van der Waals surface area contributed by atoms with Gasteiger partial charge in [-0.2, -0.15) is 4.39 Å². The van der Waals surface area contributed by atoms with Crippen LogP contribution in [0.4, 0.5) is 4.39 Å². The first-order valence-corrected chi connectivity index (χ1v) is 3.84. The van der Waals surface area contributed by atoms with E-state index in [0.29, 0.717) is 4.57 Å². The Morgan fingerprint density at radius 2 is 2.07 bits per heavy atom. The van der Waals surface area contributed by atoms with Gasteiger partial charge in [0.25, 0.3) is 5.56 Å². The summed E-state index contributed by atoms with van der Waals surface area (Å²) in [5.41, 5.74) is -1.66. The minimum Gasteiger partial charge on any atom is -0.348 e. The zero-order valence-electron chi connectivity index (χ0n) is 6.95. The molecule has 5 nitrogen and oxygen atoms in total. The quantitative estimate of drug-likeness (QED) is 0.672. The molecule has 0 fully saturated rings. The Labute approximate surface area is 76.8 Å². The molecule has 6 heteroatoms. The van der Waals surface area contributed by atoms with Crippen molar-refractivity contribution in [2.45, 2.75) is 0 Å². The Morgan fingerprint density at radius 1 is 1.29 bits per heavy atom. The smallest absolute Gasteiger partial charge is 0.334 e. The fourth-order valence-electron chi connectivity index (χ4n) is 1.13. The van der Waals surface area contributed by atoms with Crippen molar-refractivity contribution in [2.24, 2.45) is 0 Å². The molecule has 0 unspecified atom stereocenters. The first-order chi connectivity index (χ1) is 6.70. The fourth-order valence-corrected chi connectivity index (χ4v) is 1.13. The molecule has 0 aliphatic rings. The third kappa shape index (κ3) is 1.17. The molecule has 0 aromatic carbocycles. The second-order valence-electron chi connectivity index (χ2n) is 2.64. The summed E-state index contributed by atoms with van der Waals surface area (Å²) in [6.45, 7) is 0. The van der Waals surface area contributed by atoms with Crippen LogP contribution in [0.15, 0.2) is 34.1 Å². The summed E-state index contributed by atoms with van der Waals surface area (Å²) in [5, 5.41) is 0. The maximum atomic E-state index is 12.8. The minimum atomic E-state index is -1.00. The van der Waals surface area contributed by atoms with Crippen LogP contribution in [0.2, 0.25) is 0 Å². The molecule has 2 aromatic heterocycles. The number of rotatable bonds is 1. The normalized spacial score (nSPS) is 10.4. The molecule has 0 aliphatic carbocycles. The lowest BCUT2D eigenvalue weighted by atomic mass is 10.5. The Morgan fingerprint density at radius 3 is 2.71 bits per heavy atom. The number of nitrogens with zero attached hydrogens (tertiary/aromatic N) is 1. The summed E-state index contributed by atoms with van der Waals surface area (Å²) < 4.78 is 13.5. The zero-order valence-corrected chi connectivity index (χ0v) is 6.95. The van der Waals surface area contributed by atoms with Gasteiger partial charge < -0.3 is 9.97 Å². The van der Waals surface area contributed by atoms with Crippen LogP contribution in [-0.2, 0) is 0 Å². The van der Waals surface area contributed by atoms with Gasteiger partial charge in [0.1, 0.15) is 5.82 Å². The van der Waals surface area contributed by atoms with E-state index in [1.54, 1.807) is 6.07 Å². The summed E-state index contributed by atoms with van der Waals surface area (Å²) in [6.07, 6.45) is 2.27. The molecule has 2 rings (SSSR count). The van der Waals surface area contributed by atoms with Gasteiger partial charge in [0.15, 0.2) is 0 Å². The van der Waals surface area contributed by atoms with Crippen LogP contribution in [0.3, 0.4) is 0 Å². The number of hydrogen-bond donors (Lipinski definition) is 2. The van der Waals surface area contributed by atoms with Gasteiger partial charge in [-0.3, -0.25) is 4.79 Å². The van der Waals surface area contributed by atoms with E-state index in [1.165, 1.54) is 12.3 Å². The molecule has 0 bridgehead atoms. The van der Waals surface area contributed by atoms with Gasteiger partial charge in [0.05, 0.1) is 0 Å². The van der Waals surface area contributed by atoms with Crippen molar-refractivity contribution in [1.82, 2.24) is 14.5 Å². The molecule has 2 heterocycles. The lowest BCUT2D eigenvalue weighted by Gasteiger charge is -1.99. The first-order valence-electron chi connectivity index (χ1n) is 3.84. The van der Waals surface area contributed by atoms with Crippen molar-refractivity contribution in [2.75, 3.05) is 0 Å². The van der Waals surface area contributed by atoms with Crippen LogP contribution in [-0.4, -0.2) is 14.5 Å². The molecule has 0 amide bonds. The molecule has 72 valence electrons. The van der Waals surface area contributed by atoms with E-state index in [4.69, 9.17) is 0 Å². The molecule has 2 N–H and O–H groups in total. The molecule has 14 heavy (non-hydrogen) atoms. The SMILES string of the molecule is O=c1[nH]cc(F)c(=O)n1-c1ccc[nH]1. The standard InChI is InChI=1S/C8H6FN3O2/c9-5-4-11-8(14)12(7(5)13)6-2-1-3-10-6/h1-4,10H,(H,11,14). The van der Waals surface area contributed by atoms with Gasteiger partial charge in [0, 0.05) is 12.4 Å². The van der Waals surface area contributed by atoms with E-state index in [0.717, 1.165) is 6.20 Å². The zero-order chi connectivity index (χ0) is 10.1. The highest BCUT2D eigenvalue weighted by Gasteiger charge is 2.08. The maximum absolute atomic E-state index is 12.8. The number of hydrogen-bond acceptors (Lipinski definition) is 2. The predicted molar refractivity (Wildman–Crippen MR) is 47.0 cm³/mol.